The Bertz CT molecular complexity index is 1980. The molecule has 1 aromatic heterocycles. The van der Waals surface area contributed by atoms with E-state index in [0.717, 1.165) is 17.5 Å². The Morgan fingerprint density at radius 1 is 1.00 bits per heavy atom. The lowest BCUT2D eigenvalue weighted by molar-refractivity contribution is 0.0695. The Hall–Kier alpha value is -5.72. The number of benzene rings is 2. The number of aromatic carboxylic acids is 1. The second kappa shape index (κ2) is 10.8. The van der Waals surface area contributed by atoms with Crippen LogP contribution >= 0.6 is 0 Å². The molecule has 3 aromatic carbocycles. The minimum atomic E-state index is -0.998. The number of nitrogen functional groups attached to an aromatic ring is 1. The number of amides is 2. The van der Waals surface area contributed by atoms with Crippen LogP contribution in [-0.2, 0) is 19.5 Å². The van der Waals surface area contributed by atoms with E-state index in [1.165, 1.54) is 17.0 Å². The van der Waals surface area contributed by atoms with E-state index in [-0.39, 0.29) is 59.8 Å². The first-order chi connectivity index (χ1) is 21.0. The zero-order valence-corrected chi connectivity index (χ0v) is 23.5. The highest BCUT2D eigenvalue weighted by atomic mass is 16.4. The van der Waals surface area contributed by atoms with Crippen LogP contribution in [0, 0.1) is 6.92 Å². The molecule has 5 N–H and O–H groups in total. The number of carbonyl (C=O) groups excluding carboxylic acids is 3. The summed E-state index contributed by atoms with van der Waals surface area (Å²) < 4.78 is 0. The van der Waals surface area contributed by atoms with Crippen LogP contribution in [0.3, 0.4) is 0 Å². The molecule has 0 spiro atoms. The van der Waals surface area contributed by atoms with Crippen molar-refractivity contribution in [3.63, 3.8) is 0 Å². The van der Waals surface area contributed by atoms with E-state index in [4.69, 9.17) is 5.73 Å². The molecule has 0 unspecified atom stereocenters. The molecule has 13 heteroatoms. The standard InChI is InChI=1S/C31H26N6O7/c1-14-17-6-7-21(20(17)5-4-18(14)31(43)44)36-30(42)23-9-22(34-13-35-23)29(41)33-10-15-2-3-19-16(8-15)11-37(12-24(19)38)26-25(32)27(39)28(26)40/h2-5,8-9,13,21H,6-7,10-12,32H2,1H3,(H,33,41)(H,36,42)(H,43,44)/t21-/m0/s1. The van der Waals surface area contributed by atoms with E-state index in [9.17, 15) is 33.9 Å². The molecule has 1 aliphatic carbocycles. The number of hydrogen-bond acceptors (Lipinski definition) is 10. The number of nitrogens with zero attached hydrogens (tertiary/aromatic N) is 3. The summed E-state index contributed by atoms with van der Waals surface area (Å²) in [6.07, 6.45) is 2.36. The van der Waals surface area contributed by atoms with Crippen molar-refractivity contribution in [2.45, 2.75) is 38.9 Å². The first-order valence-electron chi connectivity index (χ1n) is 13.8. The summed E-state index contributed by atoms with van der Waals surface area (Å²) in [6, 6.07) is 9.32. The van der Waals surface area contributed by atoms with E-state index in [2.05, 4.69) is 20.6 Å². The average molecular weight is 595 g/mol. The van der Waals surface area contributed by atoms with Gasteiger partial charge in [0.2, 0.25) is 0 Å². The van der Waals surface area contributed by atoms with Crippen LogP contribution in [0.1, 0.15) is 82.0 Å². The van der Waals surface area contributed by atoms with Gasteiger partial charge in [-0.3, -0.25) is 24.0 Å². The van der Waals surface area contributed by atoms with Gasteiger partial charge in [0.1, 0.15) is 29.1 Å². The molecule has 4 aromatic rings. The number of Topliss-reactive ketones (excluding diaryl/α,β-unsaturated/α-hetero) is 1. The summed E-state index contributed by atoms with van der Waals surface area (Å²) in [4.78, 5) is 83.1. The second-order valence-electron chi connectivity index (χ2n) is 10.8. The topological polar surface area (TPSA) is 202 Å². The van der Waals surface area contributed by atoms with Crippen molar-refractivity contribution in [2.75, 3.05) is 17.2 Å². The molecule has 0 saturated carbocycles. The van der Waals surface area contributed by atoms with Crippen molar-refractivity contribution in [3.8, 4) is 0 Å². The minimum Gasteiger partial charge on any atom is -0.478 e. The normalized spacial score (nSPS) is 15.5. The van der Waals surface area contributed by atoms with Gasteiger partial charge in [-0.05, 0) is 53.6 Å². The number of carboxylic acids is 1. The Morgan fingerprint density at radius 3 is 2.48 bits per heavy atom. The number of carbonyl (C=O) groups is 4. The number of fused-ring (bicyclic) bond motifs is 2. The number of nitrogens with one attached hydrogen (secondary N) is 2. The van der Waals surface area contributed by atoms with Crippen LogP contribution in [-0.4, -0.2) is 45.2 Å². The van der Waals surface area contributed by atoms with E-state index < -0.39 is 28.6 Å². The summed E-state index contributed by atoms with van der Waals surface area (Å²) in [5, 5.41) is 15.1. The Kier molecular flexibility index (Phi) is 7.00. The molecule has 0 radical (unpaired) electrons. The van der Waals surface area contributed by atoms with Crippen LogP contribution in [0.2, 0.25) is 0 Å². The summed E-state index contributed by atoms with van der Waals surface area (Å²) in [5.74, 6) is -2.26. The number of aromatic nitrogens is 2. The quantitative estimate of drug-likeness (QED) is 0.224. The zero-order chi connectivity index (χ0) is 31.3. The summed E-state index contributed by atoms with van der Waals surface area (Å²) in [5.41, 5.74) is 8.58. The average Bonchev–Trinajstić information content (AvgIpc) is 3.43. The fourth-order valence-corrected chi connectivity index (χ4v) is 5.92. The molecular weight excluding hydrogens is 568 g/mol. The molecule has 2 heterocycles. The highest BCUT2D eigenvalue weighted by molar-refractivity contribution is 6.03. The zero-order valence-electron chi connectivity index (χ0n) is 23.5. The number of hydrogen-bond donors (Lipinski definition) is 4. The van der Waals surface area contributed by atoms with Crippen molar-refractivity contribution in [1.82, 2.24) is 20.6 Å². The molecule has 1 atom stereocenters. The number of anilines is 2. The van der Waals surface area contributed by atoms with Gasteiger partial charge in [-0.1, -0.05) is 24.3 Å². The molecular formula is C31H26N6O7. The van der Waals surface area contributed by atoms with E-state index >= 15 is 0 Å². The van der Waals surface area contributed by atoms with Gasteiger partial charge in [0.25, 0.3) is 22.7 Å². The Balaban J connectivity index is 1.11. The van der Waals surface area contributed by atoms with E-state index in [0.29, 0.717) is 35.1 Å². The maximum atomic E-state index is 13.0. The van der Waals surface area contributed by atoms with Crippen LogP contribution in [0.4, 0.5) is 11.4 Å². The molecule has 6 rings (SSSR count). The molecule has 2 amide bonds. The third-order valence-electron chi connectivity index (χ3n) is 8.22. The van der Waals surface area contributed by atoms with Crippen molar-refractivity contribution in [3.05, 3.63) is 114 Å². The van der Waals surface area contributed by atoms with Crippen molar-refractivity contribution < 1.29 is 24.3 Å². The third kappa shape index (κ3) is 4.87. The van der Waals surface area contributed by atoms with Gasteiger partial charge in [-0.25, -0.2) is 14.8 Å². The second-order valence-corrected chi connectivity index (χ2v) is 10.8. The van der Waals surface area contributed by atoms with Gasteiger partial charge >= 0.3 is 5.97 Å². The van der Waals surface area contributed by atoms with E-state index in [1.807, 2.05) is 0 Å². The largest absolute Gasteiger partial charge is 0.478 e. The molecule has 0 saturated heterocycles. The molecule has 13 nitrogen and oxygen atoms in total. The lowest BCUT2D eigenvalue weighted by Gasteiger charge is -2.31. The lowest BCUT2D eigenvalue weighted by Crippen LogP contribution is -2.46. The van der Waals surface area contributed by atoms with Crippen molar-refractivity contribution in [1.29, 1.82) is 0 Å². The molecule has 1 aliphatic heterocycles. The fourth-order valence-electron chi connectivity index (χ4n) is 5.92. The predicted molar refractivity (Wildman–Crippen MR) is 157 cm³/mol. The first kappa shape index (κ1) is 28.4. The lowest BCUT2D eigenvalue weighted by atomic mass is 9.95. The molecule has 0 fully saturated rings. The fraction of sp³-hybridized carbons (Fsp3) is 0.226. The Labute approximate surface area is 249 Å². The summed E-state index contributed by atoms with van der Waals surface area (Å²) >= 11 is 0. The highest BCUT2D eigenvalue weighted by Crippen LogP contribution is 2.35. The number of rotatable bonds is 7. The van der Waals surface area contributed by atoms with Gasteiger partial charge in [-0.15, -0.1) is 0 Å². The SMILES string of the molecule is Cc1c(C(=O)O)ccc2c1CC[C@@H]2NC(=O)c1cc(C(=O)NCc2ccc3c(c2)CN(c2c(N)c(=O)c2=O)CC3=O)ncn1. The Morgan fingerprint density at radius 2 is 1.75 bits per heavy atom. The number of ketones is 1. The number of carboxylic acid groups (broad SMARTS) is 1. The molecule has 2 aliphatic rings. The molecule has 0 bridgehead atoms. The van der Waals surface area contributed by atoms with Gasteiger partial charge in [0.05, 0.1) is 18.2 Å². The maximum absolute atomic E-state index is 13.0. The van der Waals surface area contributed by atoms with Crippen molar-refractivity contribution >= 4 is 34.9 Å². The van der Waals surface area contributed by atoms with Gasteiger partial charge in [-0.2, -0.15) is 0 Å². The maximum Gasteiger partial charge on any atom is 0.335 e. The van der Waals surface area contributed by atoms with Crippen LogP contribution < -0.4 is 32.1 Å². The van der Waals surface area contributed by atoms with Crippen molar-refractivity contribution in [2.24, 2.45) is 0 Å². The molecule has 44 heavy (non-hydrogen) atoms. The van der Waals surface area contributed by atoms with Gasteiger partial charge in [0.15, 0.2) is 5.78 Å². The third-order valence-corrected chi connectivity index (χ3v) is 8.22. The summed E-state index contributed by atoms with van der Waals surface area (Å²) in [6.45, 7) is 1.98. The van der Waals surface area contributed by atoms with Gasteiger partial charge in [0, 0.05) is 24.7 Å². The van der Waals surface area contributed by atoms with Crippen LogP contribution in [0.15, 0.2) is 52.3 Å². The van der Waals surface area contributed by atoms with E-state index in [1.54, 1.807) is 31.2 Å². The smallest absolute Gasteiger partial charge is 0.335 e. The minimum absolute atomic E-state index is 0.00228. The van der Waals surface area contributed by atoms with Gasteiger partial charge < -0.3 is 26.4 Å². The highest BCUT2D eigenvalue weighted by Gasteiger charge is 2.31. The monoisotopic (exact) mass is 594 g/mol. The summed E-state index contributed by atoms with van der Waals surface area (Å²) in [7, 11) is 0. The van der Waals surface area contributed by atoms with Crippen LogP contribution in [0.5, 0.6) is 0 Å². The number of nitrogens with two attached hydrogens (primary N) is 1. The molecule has 222 valence electrons. The predicted octanol–water partition coefficient (Wildman–Crippen LogP) is 1.21. The first-order valence-corrected chi connectivity index (χ1v) is 13.8. The van der Waals surface area contributed by atoms with Crippen LogP contribution in [0.25, 0.3) is 0 Å².